The first-order valence-corrected chi connectivity index (χ1v) is 5.95. The van der Waals surface area contributed by atoms with Crippen molar-refractivity contribution >= 4 is 11.6 Å². The average Bonchev–Trinajstić information content (AvgIpc) is 2.67. The first-order valence-electron chi connectivity index (χ1n) is 5.58. The van der Waals surface area contributed by atoms with Crippen LogP contribution in [-0.4, -0.2) is 14.9 Å². The van der Waals surface area contributed by atoms with Crippen LogP contribution in [0.4, 0.5) is 0 Å². The predicted molar refractivity (Wildman–Crippen MR) is 67.9 cm³/mol. The molecule has 0 fully saturated rings. The third kappa shape index (κ3) is 2.87. The van der Waals surface area contributed by atoms with Crippen molar-refractivity contribution in [1.82, 2.24) is 9.78 Å². The molecule has 17 heavy (non-hydrogen) atoms. The molecule has 90 valence electrons. The van der Waals surface area contributed by atoms with E-state index in [9.17, 15) is 5.11 Å². The molecule has 0 aliphatic rings. The van der Waals surface area contributed by atoms with Crippen molar-refractivity contribution in [3.8, 4) is 0 Å². The summed E-state index contributed by atoms with van der Waals surface area (Å²) in [5.74, 6) is 0. The molecule has 3 nitrogen and oxygen atoms in total. The molecular weight excluding hydrogens is 236 g/mol. The van der Waals surface area contributed by atoms with Gasteiger partial charge in [-0.3, -0.25) is 4.68 Å². The fraction of sp³-hybridized carbons (Fsp3) is 0.308. The topological polar surface area (TPSA) is 38.0 Å². The molecule has 4 heteroatoms. The van der Waals surface area contributed by atoms with Gasteiger partial charge in [-0.1, -0.05) is 41.9 Å². The Kier molecular flexibility index (Phi) is 3.82. The molecule has 2 aromatic rings. The second-order valence-corrected chi connectivity index (χ2v) is 4.44. The molecule has 1 aromatic heterocycles. The minimum atomic E-state index is -0.456. The molecular formula is C13H15ClN2O. The maximum Gasteiger partial charge on any atom is 0.0817 e. The van der Waals surface area contributed by atoms with Gasteiger partial charge in [0.05, 0.1) is 23.0 Å². The molecule has 0 radical (unpaired) electrons. The van der Waals surface area contributed by atoms with E-state index in [2.05, 4.69) is 5.10 Å². The molecule has 1 heterocycles. The number of aliphatic hydroxyl groups is 1. The summed E-state index contributed by atoms with van der Waals surface area (Å²) in [5, 5.41) is 14.8. The van der Waals surface area contributed by atoms with Crippen LogP contribution >= 0.6 is 11.6 Å². The van der Waals surface area contributed by atoms with E-state index in [0.29, 0.717) is 17.9 Å². The highest BCUT2D eigenvalue weighted by atomic mass is 35.5. The first kappa shape index (κ1) is 12.1. The summed E-state index contributed by atoms with van der Waals surface area (Å²) in [7, 11) is 1.86. The van der Waals surface area contributed by atoms with E-state index in [0.717, 1.165) is 11.3 Å². The Balaban J connectivity index is 1.99. The van der Waals surface area contributed by atoms with Crippen LogP contribution in [0.5, 0.6) is 0 Å². The summed E-state index contributed by atoms with van der Waals surface area (Å²) in [6.07, 6.45) is 2.53. The zero-order valence-corrected chi connectivity index (χ0v) is 10.4. The summed E-state index contributed by atoms with van der Waals surface area (Å²) in [4.78, 5) is 0. The summed E-state index contributed by atoms with van der Waals surface area (Å²) in [5.41, 5.74) is 1.90. The SMILES string of the molecule is Cn1ncc(Cl)c1CCC(O)c1ccccc1. The standard InChI is InChI=1S/C13H15ClN2O/c1-16-12(11(14)9-15-16)7-8-13(17)10-5-3-2-4-6-10/h2-6,9,13,17H,7-8H2,1H3. The number of nitrogens with zero attached hydrogens (tertiary/aromatic N) is 2. The smallest absolute Gasteiger partial charge is 0.0817 e. The normalized spacial score (nSPS) is 12.6. The van der Waals surface area contributed by atoms with E-state index in [1.165, 1.54) is 0 Å². The Bertz CT molecular complexity index is 462. The predicted octanol–water partition coefficient (Wildman–Crippen LogP) is 2.74. The van der Waals surface area contributed by atoms with E-state index in [-0.39, 0.29) is 0 Å². The highest BCUT2D eigenvalue weighted by Crippen LogP contribution is 2.22. The maximum atomic E-state index is 10.0. The Labute approximate surface area is 106 Å². The summed E-state index contributed by atoms with van der Waals surface area (Å²) < 4.78 is 1.75. The second-order valence-electron chi connectivity index (χ2n) is 4.03. The molecule has 0 aliphatic carbocycles. The van der Waals surface area contributed by atoms with Gasteiger partial charge >= 0.3 is 0 Å². The monoisotopic (exact) mass is 250 g/mol. The van der Waals surface area contributed by atoms with Crippen molar-refractivity contribution in [1.29, 1.82) is 0 Å². The number of rotatable bonds is 4. The lowest BCUT2D eigenvalue weighted by atomic mass is 10.0. The number of aryl methyl sites for hydroxylation is 1. The van der Waals surface area contributed by atoms with E-state index in [1.807, 2.05) is 37.4 Å². The fourth-order valence-electron chi connectivity index (χ4n) is 1.83. The third-order valence-corrected chi connectivity index (χ3v) is 3.17. The summed E-state index contributed by atoms with van der Waals surface area (Å²) >= 11 is 6.01. The highest BCUT2D eigenvalue weighted by molar-refractivity contribution is 6.31. The Morgan fingerprint density at radius 2 is 2.06 bits per heavy atom. The number of halogens is 1. The van der Waals surface area contributed by atoms with Crippen LogP contribution in [0, 0.1) is 0 Å². The van der Waals surface area contributed by atoms with Crippen LogP contribution in [0.1, 0.15) is 23.8 Å². The summed E-state index contributed by atoms with van der Waals surface area (Å²) in [6.45, 7) is 0. The van der Waals surface area contributed by atoms with Crippen molar-refractivity contribution in [2.45, 2.75) is 18.9 Å². The second kappa shape index (κ2) is 5.34. The molecule has 1 atom stereocenters. The highest BCUT2D eigenvalue weighted by Gasteiger charge is 2.11. The Morgan fingerprint density at radius 3 is 2.65 bits per heavy atom. The van der Waals surface area contributed by atoms with Gasteiger partial charge in [-0.2, -0.15) is 5.10 Å². The van der Waals surface area contributed by atoms with E-state index in [1.54, 1.807) is 10.9 Å². The number of aliphatic hydroxyl groups excluding tert-OH is 1. The zero-order chi connectivity index (χ0) is 12.3. The zero-order valence-electron chi connectivity index (χ0n) is 9.68. The van der Waals surface area contributed by atoms with Gasteiger partial charge in [-0.15, -0.1) is 0 Å². The molecule has 0 spiro atoms. The number of benzene rings is 1. The van der Waals surface area contributed by atoms with E-state index < -0.39 is 6.10 Å². The number of aromatic nitrogens is 2. The van der Waals surface area contributed by atoms with Crippen LogP contribution in [0.3, 0.4) is 0 Å². The molecule has 0 aliphatic heterocycles. The summed E-state index contributed by atoms with van der Waals surface area (Å²) in [6, 6.07) is 9.64. The van der Waals surface area contributed by atoms with Gasteiger partial charge in [0.15, 0.2) is 0 Å². The van der Waals surface area contributed by atoms with Crippen molar-refractivity contribution in [3.63, 3.8) is 0 Å². The fourth-order valence-corrected chi connectivity index (χ4v) is 2.09. The largest absolute Gasteiger partial charge is 0.388 e. The quantitative estimate of drug-likeness (QED) is 0.906. The molecule has 0 amide bonds. The number of hydrogen-bond acceptors (Lipinski definition) is 2. The van der Waals surface area contributed by atoms with Crippen molar-refractivity contribution in [2.24, 2.45) is 7.05 Å². The van der Waals surface area contributed by atoms with Crippen LogP contribution in [0.25, 0.3) is 0 Å². The van der Waals surface area contributed by atoms with Gasteiger partial charge in [-0.25, -0.2) is 0 Å². The van der Waals surface area contributed by atoms with Gasteiger partial charge < -0.3 is 5.11 Å². The Morgan fingerprint density at radius 1 is 1.35 bits per heavy atom. The van der Waals surface area contributed by atoms with Crippen molar-refractivity contribution in [2.75, 3.05) is 0 Å². The van der Waals surface area contributed by atoms with Gasteiger partial charge in [0.25, 0.3) is 0 Å². The molecule has 1 N–H and O–H groups in total. The molecule has 0 saturated carbocycles. The van der Waals surface area contributed by atoms with Gasteiger partial charge in [-0.05, 0) is 18.4 Å². The first-order chi connectivity index (χ1) is 8.18. The Hall–Kier alpha value is -1.32. The molecule has 0 saturated heterocycles. The minimum Gasteiger partial charge on any atom is -0.388 e. The third-order valence-electron chi connectivity index (χ3n) is 2.85. The van der Waals surface area contributed by atoms with Crippen LogP contribution in [-0.2, 0) is 13.5 Å². The maximum absolute atomic E-state index is 10.0. The van der Waals surface area contributed by atoms with Crippen LogP contribution in [0.2, 0.25) is 5.02 Å². The lowest BCUT2D eigenvalue weighted by Gasteiger charge is -2.11. The molecule has 1 unspecified atom stereocenters. The lowest BCUT2D eigenvalue weighted by Crippen LogP contribution is -2.03. The lowest BCUT2D eigenvalue weighted by molar-refractivity contribution is 0.167. The van der Waals surface area contributed by atoms with E-state index in [4.69, 9.17) is 11.6 Å². The minimum absolute atomic E-state index is 0.456. The van der Waals surface area contributed by atoms with Crippen LogP contribution in [0.15, 0.2) is 36.5 Å². The van der Waals surface area contributed by atoms with E-state index >= 15 is 0 Å². The average molecular weight is 251 g/mol. The van der Waals surface area contributed by atoms with Gasteiger partial charge in [0.1, 0.15) is 0 Å². The van der Waals surface area contributed by atoms with Crippen molar-refractivity contribution < 1.29 is 5.11 Å². The number of hydrogen-bond donors (Lipinski definition) is 1. The van der Waals surface area contributed by atoms with Gasteiger partial charge in [0, 0.05) is 7.05 Å². The molecule has 0 bridgehead atoms. The van der Waals surface area contributed by atoms with Crippen molar-refractivity contribution in [3.05, 3.63) is 52.8 Å². The molecule has 1 aromatic carbocycles. The molecule has 2 rings (SSSR count). The van der Waals surface area contributed by atoms with Crippen LogP contribution < -0.4 is 0 Å². The van der Waals surface area contributed by atoms with Gasteiger partial charge in [0.2, 0.25) is 0 Å².